The first-order chi connectivity index (χ1) is 17.4. The molecule has 10 heteroatoms. The molecular formula is C26H22FN5O3S. The van der Waals surface area contributed by atoms with E-state index in [9.17, 15) is 18.8 Å². The lowest BCUT2D eigenvalue weighted by Gasteiger charge is -2.16. The fraction of sp³-hybridized carbons (Fsp3) is 0.154. The number of amides is 1. The van der Waals surface area contributed by atoms with Crippen LogP contribution in [0, 0.1) is 5.82 Å². The predicted octanol–water partition coefficient (Wildman–Crippen LogP) is 3.99. The summed E-state index contributed by atoms with van der Waals surface area (Å²) in [4.78, 5) is 47.8. The Hall–Kier alpha value is -4.31. The van der Waals surface area contributed by atoms with Gasteiger partial charge in [0.05, 0.1) is 6.54 Å². The Labute approximate surface area is 208 Å². The molecule has 0 spiro atoms. The summed E-state index contributed by atoms with van der Waals surface area (Å²) in [5, 5.41) is 4.64. The van der Waals surface area contributed by atoms with E-state index in [-0.39, 0.29) is 35.9 Å². The zero-order chi connectivity index (χ0) is 25.2. The van der Waals surface area contributed by atoms with Crippen LogP contribution in [0.3, 0.4) is 0 Å². The van der Waals surface area contributed by atoms with Crippen LogP contribution in [0.25, 0.3) is 11.2 Å². The number of fused-ring (bicyclic) bond motifs is 1. The molecule has 1 amide bonds. The number of carbonyl (C=O) groups is 1. The molecule has 0 bridgehead atoms. The highest BCUT2D eigenvalue weighted by atomic mass is 32.1. The monoisotopic (exact) mass is 503 g/mol. The zero-order valence-electron chi connectivity index (χ0n) is 19.2. The summed E-state index contributed by atoms with van der Waals surface area (Å²) < 4.78 is 16.0. The van der Waals surface area contributed by atoms with E-state index in [2.05, 4.69) is 20.3 Å². The first-order valence-corrected chi connectivity index (χ1v) is 12.1. The van der Waals surface area contributed by atoms with Crippen LogP contribution in [0.4, 0.5) is 10.1 Å². The van der Waals surface area contributed by atoms with Crippen LogP contribution >= 0.6 is 11.3 Å². The lowest BCUT2D eigenvalue weighted by atomic mass is 9.91. The summed E-state index contributed by atoms with van der Waals surface area (Å²) in [7, 11) is 0. The van der Waals surface area contributed by atoms with Crippen molar-refractivity contribution in [2.75, 3.05) is 5.32 Å². The van der Waals surface area contributed by atoms with E-state index in [1.54, 1.807) is 30.3 Å². The van der Waals surface area contributed by atoms with Gasteiger partial charge in [-0.3, -0.25) is 19.1 Å². The van der Waals surface area contributed by atoms with Gasteiger partial charge in [0.2, 0.25) is 5.91 Å². The number of halogens is 1. The number of hydrogen-bond acceptors (Lipinski definition) is 5. The van der Waals surface area contributed by atoms with Crippen molar-refractivity contribution >= 4 is 34.1 Å². The second-order valence-corrected chi connectivity index (χ2v) is 9.43. The molecule has 0 radical (unpaired) electrons. The molecule has 0 fully saturated rings. The molecule has 5 rings (SSSR count). The smallest absolute Gasteiger partial charge is 0.330 e. The second-order valence-electron chi connectivity index (χ2n) is 8.40. The minimum Gasteiger partial charge on any atom is -0.336 e. The number of imidazole rings is 1. The van der Waals surface area contributed by atoms with Gasteiger partial charge >= 0.3 is 5.69 Å². The minimum atomic E-state index is -0.568. The third kappa shape index (κ3) is 4.76. The molecule has 0 aliphatic heterocycles. The third-order valence-electron chi connectivity index (χ3n) is 5.89. The predicted molar refractivity (Wildman–Crippen MR) is 137 cm³/mol. The highest BCUT2D eigenvalue weighted by Crippen LogP contribution is 2.29. The number of benzene rings is 2. The molecule has 3 N–H and O–H groups in total. The average Bonchev–Trinajstić information content (AvgIpc) is 3.52. The Kier molecular flexibility index (Phi) is 6.34. The second kappa shape index (κ2) is 9.74. The Morgan fingerprint density at radius 1 is 1.08 bits per heavy atom. The molecule has 1 atom stereocenters. The van der Waals surface area contributed by atoms with Gasteiger partial charge in [-0.25, -0.2) is 14.2 Å². The van der Waals surface area contributed by atoms with E-state index < -0.39 is 17.2 Å². The summed E-state index contributed by atoms with van der Waals surface area (Å²) in [6.45, 7) is 1.69. The van der Waals surface area contributed by atoms with Gasteiger partial charge in [-0.15, -0.1) is 11.3 Å². The molecule has 182 valence electrons. The van der Waals surface area contributed by atoms with Crippen LogP contribution < -0.4 is 16.6 Å². The molecule has 2 aromatic carbocycles. The van der Waals surface area contributed by atoms with Gasteiger partial charge < -0.3 is 10.3 Å². The minimum absolute atomic E-state index is 0.176. The Bertz CT molecular complexity index is 1650. The fourth-order valence-corrected chi connectivity index (χ4v) is 4.88. The quantitative estimate of drug-likeness (QED) is 0.312. The number of hydrogen-bond donors (Lipinski definition) is 3. The van der Waals surface area contributed by atoms with Gasteiger partial charge in [-0.05, 0) is 47.2 Å². The van der Waals surface area contributed by atoms with Gasteiger partial charge in [0.25, 0.3) is 5.56 Å². The number of thiophene rings is 1. The molecule has 3 heterocycles. The van der Waals surface area contributed by atoms with Gasteiger partial charge in [-0.1, -0.05) is 36.4 Å². The van der Waals surface area contributed by atoms with Crippen molar-refractivity contribution in [3.8, 4) is 0 Å². The standard InChI is InChI=1S/C26H22FN5O3S/c1-15(33)28-18-10-8-16(9-11-18)20(13-17-5-2-3-7-21(17)27)23-29-22-24(30-23)32(26(35)31-25(22)34)14-19-6-4-12-36-19/h2-12,20H,13-14H2,1H3,(H,28,33)(H,29,30)(H,31,34,35). The number of rotatable bonds is 7. The lowest BCUT2D eigenvalue weighted by molar-refractivity contribution is -0.114. The number of carbonyl (C=O) groups excluding carboxylic acids is 1. The summed E-state index contributed by atoms with van der Waals surface area (Å²) in [6, 6.07) is 17.4. The van der Waals surface area contributed by atoms with Crippen molar-refractivity contribution in [2.24, 2.45) is 0 Å². The normalized spacial score (nSPS) is 12.1. The lowest BCUT2D eigenvalue weighted by Crippen LogP contribution is -2.30. The maximum absolute atomic E-state index is 14.6. The summed E-state index contributed by atoms with van der Waals surface area (Å²) >= 11 is 1.50. The topological polar surface area (TPSA) is 113 Å². The van der Waals surface area contributed by atoms with Crippen LogP contribution in [-0.2, 0) is 17.8 Å². The van der Waals surface area contributed by atoms with Gasteiger partial charge in [0.15, 0.2) is 5.65 Å². The Morgan fingerprint density at radius 2 is 1.86 bits per heavy atom. The summed E-state index contributed by atoms with van der Waals surface area (Å²) in [6.07, 6.45) is 0.263. The van der Waals surface area contributed by atoms with Crippen LogP contribution in [0.2, 0.25) is 0 Å². The number of aromatic nitrogens is 4. The van der Waals surface area contributed by atoms with Gasteiger partial charge in [0.1, 0.15) is 17.2 Å². The highest BCUT2D eigenvalue weighted by molar-refractivity contribution is 7.09. The molecule has 5 aromatic rings. The molecule has 8 nitrogen and oxygen atoms in total. The number of aromatic amines is 2. The third-order valence-corrected chi connectivity index (χ3v) is 6.75. The van der Waals surface area contributed by atoms with E-state index in [1.807, 2.05) is 29.6 Å². The van der Waals surface area contributed by atoms with Crippen LogP contribution in [0.15, 0.2) is 75.6 Å². The van der Waals surface area contributed by atoms with E-state index in [4.69, 9.17) is 0 Å². The van der Waals surface area contributed by atoms with Gasteiger partial charge in [-0.2, -0.15) is 0 Å². The van der Waals surface area contributed by atoms with Crippen molar-refractivity contribution in [3.05, 3.63) is 115 Å². The van der Waals surface area contributed by atoms with E-state index in [1.165, 1.54) is 28.9 Å². The average molecular weight is 504 g/mol. The van der Waals surface area contributed by atoms with Crippen molar-refractivity contribution in [1.82, 2.24) is 19.5 Å². The molecule has 3 aromatic heterocycles. The van der Waals surface area contributed by atoms with E-state index >= 15 is 0 Å². The summed E-state index contributed by atoms with van der Waals surface area (Å²) in [5.41, 5.74) is 1.21. The molecule has 0 aliphatic rings. The van der Waals surface area contributed by atoms with Crippen molar-refractivity contribution < 1.29 is 9.18 Å². The largest absolute Gasteiger partial charge is 0.336 e. The molecular weight excluding hydrogens is 481 g/mol. The summed E-state index contributed by atoms with van der Waals surface area (Å²) in [5.74, 6) is -0.561. The maximum atomic E-state index is 14.6. The van der Waals surface area contributed by atoms with Crippen molar-refractivity contribution in [2.45, 2.75) is 25.8 Å². The number of anilines is 1. The van der Waals surface area contributed by atoms with E-state index in [0.29, 0.717) is 17.1 Å². The van der Waals surface area contributed by atoms with Crippen LogP contribution in [-0.4, -0.2) is 25.4 Å². The molecule has 36 heavy (non-hydrogen) atoms. The molecule has 0 saturated heterocycles. The maximum Gasteiger partial charge on any atom is 0.330 e. The Balaban J connectivity index is 1.63. The van der Waals surface area contributed by atoms with Crippen LogP contribution in [0.5, 0.6) is 0 Å². The zero-order valence-corrected chi connectivity index (χ0v) is 20.1. The van der Waals surface area contributed by atoms with Crippen LogP contribution in [0.1, 0.15) is 34.7 Å². The van der Waals surface area contributed by atoms with Crippen molar-refractivity contribution in [1.29, 1.82) is 0 Å². The Morgan fingerprint density at radius 3 is 2.56 bits per heavy atom. The highest BCUT2D eigenvalue weighted by Gasteiger charge is 2.23. The van der Waals surface area contributed by atoms with Crippen molar-refractivity contribution in [3.63, 3.8) is 0 Å². The fourth-order valence-electron chi connectivity index (χ4n) is 4.19. The van der Waals surface area contributed by atoms with E-state index in [0.717, 1.165) is 10.4 Å². The first-order valence-electron chi connectivity index (χ1n) is 11.2. The first kappa shape index (κ1) is 23.4. The molecule has 0 saturated carbocycles. The SMILES string of the molecule is CC(=O)Nc1ccc(C(Cc2ccccc2F)c2nc3c([nH]2)c(=O)[nH]c(=O)n3Cc2cccs2)cc1. The number of H-pyrrole nitrogens is 2. The number of nitrogens with zero attached hydrogens (tertiary/aromatic N) is 2. The molecule has 1 unspecified atom stereocenters. The van der Waals surface area contributed by atoms with Gasteiger partial charge in [0, 0.05) is 23.4 Å². The number of nitrogens with one attached hydrogen (secondary N) is 3. The molecule has 0 aliphatic carbocycles.